The van der Waals surface area contributed by atoms with Gasteiger partial charge in [0.15, 0.2) is 17.6 Å². The normalized spacial score (nSPS) is 20.3. The summed E-state index contributed by atoms with van der Waals surface area (Å²) in [6.45, 7) is 0.100. The number of nitrogens with zero attached hydrogens (tertiary/aromatic N) is 4. The van der Waals surface area contributed by atoms with E-state index in [0.717, 1.165) is 0 Å². The van der Waals surface area contributed by atoms with Gasteiger partial charge in [-0.1, -0.05) is 0 Å². The van der Waals surface area contributed by atoms with E-state index in [9.17, 15) is 14.0 Å². The van der Waals surface area contributed by atoms with Crippen LogP contribution < -0.4 is 9.47 Å². The third-order valence-electron chi connectivity index (χ3n) is 3.84. The predicted molar refractivity (Wildman–Crippen MR) is 91.0 cm³/mol. The third kappa shape index (κ3) is 4.37. The van der Waals surface area contributed by atoms with Crippen molar-refractivity contribution in [3.8, 4) is 17.6 Å². The van der Waals surface area contributed by atoms with E-state index in [0.29, 0.717) is 12.2 Å². The number of methoxy groups -OCH3 is 1. The molecule has 0 aliphatic carbocycles. The molecule has 136 valence electrons. The molecular formula is C17H22F2N4O2. The van der Waals surface area contributed by atoms with Crippen molar-refractivity contribution in [2.45, 2.75) is 18.4 Å². The highest BCUT2D eigenvalue weighted by molar-refractivity contribution is 5.70. The molecule has 1 unspecified atom stereocenters. The first-order valence-electron chi connectivity index (χ1n) is 7.83. The molecule has 0 radical (unpaired) electrons. The van der Waals surface area contributed by atoms with Gasteiger partial charge in [0.25, 0.3) is 5.92 Å². The van der Waals surface area contributed by atoms with Crippen molar-refractivity contribution in [3.63, 3.8) is 0 Å². The maximum Gasteiger partial charge on any atom is 0.296 e. The Kier molecular flexibility index (Phi) is 5.80. The Labute approximate surface area is 146 Å². The standard InChI is InChI=1S/C17H22F2N4O2/c1-22(2)11-21-13-5-6-14(24-4)16(12(13)9-20)25-15-7-8-23(3)10-17(15,18)19/h5-6,11,15H,7-8,10H2,1-4H3. The Bertz CT molecular complexity index is 686. The molecule has 0 spiro atoms. The number of halogens is 2. The van der Waals surface area contributed by atoms with Crippen molar-refractivity contribution in [2.24, 2.45) is 4.99 Å². The van der Waals surface area contributed by atoms with Crippen LogP contribution in [0, 0.1) is 11.3 Å². The van der Waals surface area contributed by atoms with Gasteiger partial charge in [0.1, 0.15) is 11.6 Å². The van der Waals surface area contributed by atoms with E-state index >= 15 is 0 Å². The minimum Gasteiger partial charge on any atom is -0.493 e. The van der Waals surface area contributed by atoms with Gasteiger partial charge < -0.3 is 19.3 Å². The molecule has 0 saturated carbocycles. The minimum atomic E-state index is -3.02. The van der Waals surface area contributed by atoms with Crippen LogP contribution in [0.25, 0.3) is 0 Å². The van der Waals surface area contributed by atoms with Gasteiger partial charge in [0.05, 0.1) is 25.7 Å². The molecule has 1 fully saturated rings. The number of aliphatic imine (C=N–C) groups is 1. The van der Waals surface area contributed by atoms with Gasteiger partial charge in [-0.2, -0.15) is 5.26 Å². The van der Waals surface area contributed by atoms with Gasteiger partial charge >= 0.3 is 0 Å². The lowest BCUT2D eigenvalue weighted by molar-refractivity contribution is -0.135. The molecule has 1 aromatic carbocycles. The number of benzene rings is 1. The van der Waals surface area contributed by atoms with E-state index in [2.05, 4.69) is 4.99 Å². The monoisotopic (exact) mass is 352 g/mol. The number of piperidine rings is 1. The number of nitriles is 1. The SMILES string of the molecule is COc1ccc(N=CN(C)C)c(C#N)c1OC1CCN(C)CC1(F)F. The van der Waals surface area contributed by atoms with Crippen molar-refractivity contribution in [2.75, 3.05) is 41.3 Å². The van der Waals surface area contributed by atoms with Gasteiger partial charge in [-0.05, 0) is 19.2 Å². The number of hydrogen-bond donors (Lipinski definition) is 0. The molecule has 0 amide bonds. The summed E-state index contributed by atoms with van der Waals surface area (Å²) in [4.78, 5) is 7.46. The number of ether oxygens (including phenoxy) is 2. The quantitative estimate of drug-likeness (QED) is 0.602. The smallest absolute Gasteiger partial charge is 0.296 e. The number of hydrogen-bond acceptors (Lipinski definition) is 5. The second-order valence-corrected chi connectivity index (χ2v) is 6.21. The molecule has 1 aliphatic heterocycles. The Morgan fingerprint density at radius 3 is 2.72 bits per heavy atom. The van der Waals surface area contributed by atoms with E-state index < -0.39 is 12.0 Å². The molecule has 0 N–H and O–H groups in total. The fraction of sp³-hybridized carbons (Fsp3) is 0.529. The zero-order chi connectivity index (χ0) is 18.6. The van der Waals surface area contributed by atoms with Gasteiger partial charge in [-0.15, -0.1) is 0 Å². The second kappa shape index (κ2) is 7.66. The highest BCUT2D eigenvalue weighted by atomic mass is 19.3. The summed E-state index contributed by atoms with van der Waals surface area (Å²) in [5.74, 6) is -2.78. The Morgan fingerprint density at radius 2 is 2.16 bits per heavy atom. The van der Waals surface area contributed by atoms with E-state index in [4.69, 9.17) is 9.47 Å². The molecule has 0 aromatic heterocycles. The van der Waals surface area contributed by atoms with Crippen LogP contribution in [-0.4, -0.2) is 69.5 Å². The number of rotatable bonds is 5. The Balaban J connectivity index is 2.41. The third-order valence-corrected chi connectivity index (χ3v) is 3.84. The van der Waals surface area contributed by atoms with Crippen molar-refractivity contribution in [3.05, 3.63) is 17.7 Å². The van der Waals surface area contributed by atoms with Crippen LogP contribution in [0.4, 0.5) is 14.5 Å². The predicted octanol–water partition coefficient (Wildman–Crippen LogP) is 2.51. The summed E-state index contributed by atoms with van der Waals surface area (Å²) in [7, 11) is 6.62. The summed E-state index contributed by atoms with van der Waals surface area (Å²) in [5, 5.41) is 9.52. The summed E-state index contributed by atoms with van der Waals surface area (Å²) >= 11 is 0. The highest BCUT2D eigenvalue weighted by Crippen LogP contribution is 2.40. The molecule has 2 rings (SSSR count). The first kappa shape index (κ1) is 18.9. The Morgan fingerprint density at radius 1 is 1.44 bits per heavy atom. The molecule has 1 saturated heterocycles. The first-order chi connectivity index (χ1) is 11.8. The lowest BCUT2D eigenvalue weighted by atomic mass is 10.0. The first-order valence-corrected chi connectivity index (χ1v) is 7.83. The lowest BCUT2D eigenvalue weighted by Gasteiger charge is -2.36. The van der Waals surface area contributed by atoms with E-state index in [1.54, 1.807) is 43.1 Å². The molecule has 8 heteroatoms. The van der Waals surface area contributed by atoms with Crippen LogP contribution in [0.15, 0.2) is 17.1 Å². The van der Waals surface area contributed by atoms with Crippen molar-refractivity contribution >= 4 is 12.0 Å². The Hall–Kier alpha value is -2.40. The zero-order valence-corrected chi connectivity index (χ0v) is 14.8. The summed E-state index contributed by atoms with van der Waals surface area (Å²) < 4.78 is 39.4. The average molecular weight is 352 g/mol. The van der Waals surface area contributed by atoms with E-state index in [-0.39, 0.29) is 30.0 Å². The minimum absolute atomic E-state index is 0.00707. The molecule has 1 aromatic rings. The number of likely N-dealkylation sites (tertiary alicyclic amines) is 1. The summed E-state index contributed by atoms with van der Waals surface area (Å²) in [6, 6.07) is 5.15. The van der Waals surface area contributed by atoms with Crippen LogP contribution in [0.5, 0.6) is 11.5 Å². The molecule has 1 heterocycles. The van der Waals surface area contributed by atoms with E-state index in [1.807, 2.05) is 6.07 Å². The summed E-state index contributed by atoms with van der Waals surface area (Å²) in [5.41, 5.74) is 0.412. The van der Waals surface area contributed by atoms with Crippen LogP contribution >= 0.6 is 0 Å². The van der Waals surface area contributed by atoms with Crippen LogP contribution in [0.2, 0.25) is 0 Å². The van der Waals surface area contributed by atoms with Gasteiger partial charge in [0.2, 0.25) is 0 Å². The highest BCUT2D eigenvalue weighted by Gasteiger charge is 2.46. The average Bonchev–Trinajstić information content (AvgIpc) is 2.54. The zero-order valence-electron chi connectivity index (χ0n) is 14.8. The fourth-order valence-corrected chi connectivity index (χ4v) is 2.60. The van der Waals surface area contributed by atoms with Gasteiger partial charge in [0, 0.05) is 27.1 Å². The molecule has 6 nitrogen and oxygen atoms in total. The molecule has 25 heavy (non-hydrogen) atoms. The largest absolute Gasteiger partial charge is 0.493 e. The van der Waals surface area contributed by atoms with Crippen LogP contribution in [0.1, 0.15) is 12.0 Å². The van der Waals surface area contributed by atoms with Crippen LogP contribution in [0.3, 0.4) is 0 Å². The number of alkyl halides is 2. The fourth-order valence-electron chi connectivity index (χ4n) is 2.60. The van der Waals surface area contributed by atoms with Crippen molar-refractivity contribution in [1.29, 1.82) is 5.26 Å². The maximum atomic E-state index is 14.3. The summed E-state index contributed by atoms with van der Waals surface area (Å²) in [6.07, 6.45) is 0.358. The molecule has 1 aliphatic rings. The van der Waals surface area contributed by atoms with Gasteiger partial charge in [-0.25, -0.2) is 13.8 Å². The molecule has 0 bridgehead atoms. The van der Waals surface area contributed by atoms with Crippen molar-refractivity contribution < 1.29 is 18.3 Å². The second-order valence-electron chi connectivity index (χ2n) is 6.21. The lowest BCUT2D eigenvalue weighted by Crippen LogP contribution is -2.52. The van der Waals surface area contributed by atoms with Gasteiger partial charge in [-0.3, -0.25) is 0 Å². The van der Waals surface area contributed by atoms with Crippen LogP contribution in [-0.2, 0) is 0 Å². The maximum absolute atomic E-state index is 14.3. The molecule has 1 atom stereocenters. The van der Waals surface area contributed by atoms with Crippen molar-refractivity contribution in [1.82, 2.24) is 9.80 Å². The molecular weight excluding hydrogens is 330 g/mol. The van der Waals surface area contributed by atoms with E-state index in [1.165, 1.54) is 13.4 Å². The topological polar surface area (TPSA) is 61.1 Å².